The molecule has 7 nitrogen and oxygen atoms in total. The molecule has 118 valence electrons. The van der Waals surface area contributed by atoms with E-state index >= 15 is 0 Å². The summed E-state index contributed by atoms with van der Waals surface area (Å²) in [6.45, 7) is 1.39. The minimum Gasteiger partial charge on any atom is -0.399 e. The maximum Gasteiger partial charge on any atom is 0.340 e. The molecule has 2 aromatic carbocycles. The van der Waals surface area contributed by atoms with Crippen LogP contribution in [-0.2, 0) is 10.0 Å². The molecule has 3 N–H and O–H groups in total. The first-order valence-electron chi connectivity index (χ1n) is 6.67. The first-order chi connectivity index (χ1) is 10.8. The van der Waals surface area contributed by atoms with Gasteiger partial charge in [-0.1, -0.05) is 12.1 Å². The number of hydrogen-bond acceptors (Lipinski definition) is 5. The standard InChI is InChI=1S/C15H13N3O4S/c1-9(19)10-2-5-12(6-3-10)23(21,22)18-14-8-11(16)4-7-13(14)17-15(18)20/h2-8H,16H2,1H3,(H,17,20). The van der Waals surface area contributed by atoms with Gasteiger partial charge < -0.3 is 10.7 Å². The topological polar surface area (TPSA) is 115 Å². The molecule has 0 bridgehead atoms. The van der Waals surface area contributed by atoms with E-state index in [1.165, 1.54) is 43.3 Å². The van der Waals surface area contributed by atoms with Crippen molar-refractivity contribution in [1.82, 2.24) is 8.96 Å². The van der Waals surface area contributed by atoms with Gasteiger partial charge in [-0.25, -0.2) is 13.2 Å². The Bertz CT molecular complexity index is 1080. The minimum absolute atomic E-state index is 0.0899. The second kappa shape index (κ2) is 5.10. The van der Waals surface area contributed by atoms with Crippen molar-refractivity contribution in [2.75, 3.05) is 5.73 Å². The van der Waals surface area contributed by atoms with Gasteiger partial charge in [-0.15, -0.1) is 0 Å². The Morgan fingerprint density at radius 3 is 2.39 bits per heavy atom. The van der Waals surface area contributed by atoms with Gasteiger partial charge in [0.05, 0.1) is 15.9 Å². The molecule has 0 saturated carbocycles. The van der Waals surface area contributed by atoms with Crippen molar-refractivity contribution in [1.29, 1.82) is 0 Å². The van der Waals surface area contributed by atoms with Crippen LogP contribution < -0.4 is 11.4 Å². The first kappa shape index (κ1) is 15.0. The van der Waals surface area contributed by atoms with E-state index in [1.54, 1.807) is 6.07 Å². The average Bonchev–Trinajstić information content (AvgIpc) is 2.83. The number of nitrogens with one attached hydrogen (secondary N) is 1. The summed E-state index contributed by atoms with van der Waals surface area (Å²) in [4.78, 5) is 25.7. The lowest BCUT2D eigenvalue weighted by molar-refractivity contribution is 0.101. The number of hydrogen-bond donors (Lipinski definition) is 2. The maximum atomic E-state index is 12.7. The van der Waals surface area contributed by atoms with Crippen LogP contribution in [0.25, 0.3) is 11.0 Å². The third kappa shape index (κ3) is 2.42. The number of aromatic nitrogens is 2. The van der Waals surface area contributed by atoms with Crippen LogP contribution in [0.3, 0.4) is 0 Å². The number of ketones is 1. The summed E-state index contributed by atoms with van der Waals surface area (Å²) in [5.41, 5.74) is 6.17. The Balaban J connectivity index is 2.24. The molecule has 0 aliphatic heterocycles. The summed E-state index contributed by atoms with van der Waals surface area (Å²) < 4.78 is 26.1. The lowest BCUT2D eigenvalue weighted by Crippen LogP contribution is -2.25. The Labute approximate surface area is 131 Å². The summed E-state index contributed by atoms with van der Waals surface area (Å²) in [7, 11) is -4.11. The number of carbonyl (C=O) groups excluding carboxylic acids is 1. The molecule has 8 heteroatoms. The minimum atomic E-state index is -4.11. The highest BCUT2D eigenvalue weighted by atomic mass is 32.2. The van der Waals surface area contributed by atoms with Crippen molar-refractivity contribution in [3.05, 3.63) is 58.5 Å². The Morgan fingerprint density at radius 2 is 1.78 bits per heavy atom. The van der Waals surface area contributed by atoms with Gasteiger partial charge in [0.1, 0.15) is 0 Å². The zero-order chi connectivity index (χ0) is 16.8. The number of imidazole rings is 1. The van der Waals surface area contributed by atoms with Crippen LogP contribution in [-0.4, -0.2) is 23.2 Å². The van der Waals surface area contributed by atoms with Gasteiger partial charge in [-0.2, -0.15) is 3.97 Å². The quantitative estimate of drug-likeness (QED) is 0.555. The molecule has 23 heavy (non-hydrogen) atoms. The Kier molecular flexibility index (Phi) is 3.33. The van der Waals surface area contributed by atoms with Gasteiger partial charge in [0.2, 0.25) is 0 Å². The summed E-state index contributed by atoms with van der Waals surface area (Å²) in [6, 6.07) is 9.92. The summed E-state index contributed by atoms with van der Waals surface area (Å²) in [6.07, 6.45) is 0. The molecule has 0 unspecified atom stereocenters. The lowest BCUT2D eigenvalue weighted by atomic mass is 10.2. The molecule has 0 aliphatic carbocycles. The van der Waals surface area contributed by atoms with Crippen molar-refractivity contribution < 1.29 is 13.2 Å². The number of nitrogen functional groups attached to an aromatic ring is 1. The number of nitrogens with two attached hydrogens (primary N) is 1. The van der Waals surface area contributed by atoms with Crippen LogP contribution in [0.4, 0.5) is 5.69 Å². The smallest absolute Gasteiger partial charge is 0.340 e. The largest absolute Gasteiger partial charge is 0.399 e. The van der Waals surface area contributed by atoms with E-state index in [0.29, 0.717) is 20.7 Å². The fourth-order valence-electron chi connectivity index (χ4n) is 2.30. The molecule has 0 spiro atoms. The molecule has 0 aliphatic rings. The highest BCUT2D eigenvalue weighted by Gasteiger charge is 2.22. The summed E-state index contributed by atoms with van der Waals surface area (Å²) in [5.74, 6) is -0.175. The van der Waals surface area contributed by atoms with E-state index in [9.17, 15) is 18.0 Å². The third-order valence-corrected chi connectivity index (χ3v) is 5.18. The number of carbonyl (C=O) groups is 1. The third-order valence-electron chi connectivity index (χ3n) is 3.47. The van der Waals surface area contributed by atoms with E-state index in [-0.39, 0.29) is 16.2 Å². The zero-order valence-corrected chi connectivity index (χ0v) is 12.9. The molecule has 1 aromatic heterocycles. The molecule has 0 amide bonds. The molecular formula is C15H13N3O4S. The number of benzene rings is 2. The molecule has 0 fully saturated rings. The lowest BCUT2D eigenvalue weighted by Gasteiger charge is -2.06. The summed E-state index contributed by atoms with van der Waals surface area (Å²) >= 11 is 0. The molecule has 1 heterocycles. The molecule has 0 saturated heterocycles. The molecule has 0 atom stereocenters. The zero-order valence-electron chi connectivity index (χ0n) is 12.1. The van der Waals surface area contributed by atoms with Gasteiger partial charge in [-0.3, -0.25) is 4.79 Å². The maximum absolute atomic E-state index is 12.7. The van der Waals surface area contributed by atoms with Crippen molar-refractivity contribution in [2.24, 2.45) is 0 Å². The second-order valence-corrected chi connectivity index (χ2v) is 6.84. The average molecular weight is 331 g/mol. The highest BCUT2D eigenvalue weighted by molar-refractivity contribution is 7.90. The van der Waals surface area contributed by atoms with Crippen molar-refractivity contribution in [2.45, 2.75) is 11.8 Å². The van der Waals surface area contributed by atoms with E-state index in [4.69, 9.17) is 5.73 Å². The van der Waals surface area contributed by atoms with E-state index < -0.39 is 15.7 Å². The summed E-state index contributed by atoms with van der Waals surface area (Å²) in [5, 5.41) is 0. The first-order valence-corrected chi connectivity index (χ1v) is 8.11. The fraction of sp³-hybridized carbons (Fsp3) is 0.0667. The number of nitrogens with zero attached hydrogens (tertiary/aromatic N) is 1. The molecule has 0 radical (unpaired) electrons. The van der Waals surface area contributed by atoms with Gasteiger partial charge >= 0.3 is 5.69 Å². The molecule has 3 rings (SSSR count). The molecule has 3 aromatic rings. The van der Waals surface area contributed by atoms with Gasteiger partial charge in [-0.05, 0) is 37.3 Å². The Morgan fingerprint density at radius 1 is 1.13 bits per heavy atom. The van der Waals surface area contributed by atoms with Crippen LogP contribution in [0.15, 0.2) is 52.2 Å². The van der Waals surface area contributed by atoms with Crippen LogP contribution in [0.2, 0.25) is 0 Å². The van der Waals surface area contributed by atoms with Crippen LogP contribution in [0.1, 0.15) is 17.3 Å². The second-order valence-electron chi connectivity index (χ2n) is 5.06. The van der Waals surface area contributed by atoms with Crippen LogP contribution in [0, 0.1) is 0 Å². The van der Waals surface area contributed by atoms with Gasteiger partial charge in [0.15, 0.2) is 5.78 Å². The number of fused-ring (bicyclic) bond motifs is 1. The SMILES string of the molecule is CC(=O)c1ccc(S(=O)(=O)n2c(=O)[nH]c3ccc(N)cc32)cc1. The number of aromatic amines is 1. The normalized spacial score (nSPS) is 11.7. The Hall–Kier alpha value is -2.87. The van der Waals surface area contributed by atoms with E-state index in [1.807, 2.05) is 0 Å². The molecular weight excluding hydrogens is 318 g/mol. The number of H-pyrrole nitrogens is 1. The number of rotatable bonds is 3. The van der Waals surface area contributed by atoms with Crippen molar-refractivity contribution >= 4 is 32.5 Å². The number of Topliss-reactive ketones (excluding diaryl/α,β-unsaturated/α-hetero) is 1. The van der Waals surface area contributed by atoms with Crippen LogP contribution in [0.5, 0.6) is 0 Å². The monoisotopic (exact) mass is 331 g/mol. The predicted molar refractivity (Wildman–Crippen MR) is 86.0 cm³/mol. The number of anilines is 1. The van der Waals surface area contributed by atoms with E-state index in [0.717, 1.165) is 0 Å². The van der Waals surface area contributed by atoms with Crippen LogP contribution >= 0.6 is 0 Å². The van der Waals surface area contributed by atoms with E-state index in [2.05, 4.69) is 4.98 Å². The highest BCUT2D eigenvalue weighted by Crippen LogP contribution is 2.20. The predicted octanol–water partition coefficient (Wildman–Crippen LogP) is 1.35. The van der Waals surface area contributed by atoms with Gasteiger partial charge in [0.25, 0.3) is 10.0 Å². The van der Waals surface area contributed by atoms with Crippen molar-refractivity contribution in [3.8, 4) is 0 Å². The fourth-order valence-corrected chi connectivity index (χ4v) is 3.67. The van der Waals surface area contributed by atoms with Crippen molar-refractivity contribution in [3.63, 3.8) is 0 Å². The van der Waals surface area contributed by atoms with Gasteiger partial charge in [0, 0.05) is 11.3 Å².